The molecule has 0 radical (unpaired) electrons. The number of rotatable bonds is 1. The Bertz CT molecular complexity index is 365. The van der Waals surface area contributed by atoms with Gasteiger partial charge in [0.25, 0.3) is 5.56 Å². The second-order valence-corrected chi connectivity index (χ2v) is 3.95. The molecule has 1 saturated heterocycles. The molecule has 2 N–H and O–H groups in total. The van der Waals surface area contributed by atoms with Gasteiger partial charge in [0.05, 0.1) is 0 Å². The molecule has 104 valence electrons. The van der Waals surface area contributed by atoms with Gasteiger partial charge < -0.3 is 10.3 Å². The second-order valence-electron chi connectivity index (χ2n) is 3.95. The van der Waals surface area contributed by atoms with E-state index in [0.717, 1.165) is 37.2 Å². The molecule has 3 heteroatoms. The van der Waals surface area contributed by atoms with Crippen LogP contribution in [-0.4, -0.2) is 18.1 Å². The van der Waals surface area contributed by atoms with E-state index in [-0.39, 0.29) is 5.56 Å². The maximum Gasteiger partial charge on any atom is 0.251 e. The van der Waals surface area contributed by atoms with Gasteiger partial charge in [-0.2, -0.15) is 0 Å². The molecule has 0 bridgehead atoms. The van der Waals surface area contributed by atoms with E-state index in [2.05, 4.69) is 10.3 Å². The third-order valence-electron chi connectivity index (χ3n) is 2.86. The summed E-state index contributed by atoms with van der Waals surface area (Å²) >= 11 is 0. The molecular formula is C15H28N2O. The van der Waals surface area contributed by atoms with Gasteiger partial charge in [-0.3, -0.25) is 4.79 Å². The normalized spacial score (nSPS) is 14.9. The lowest BCUT2D eigenvalue weighted by Crippen LogP contribution is -2.29. The summed E-state index contributed by atoms with van der Waals surface area (Å²) in [4.78, 5) is 14.5. The Kier molecular flexibility index (Phi) is 9.29. The number of H-pyrrole nitrogens is 1. The number of nitrogens with one attached hydrogen (secondary N) is 2. The molecule has 1 fully saturated rings. The van der Waals surface area contributed by atoms with Gasteiger partial charge in [-0.25, -0.2) is 0 Å². The lowest BCUT2D eigenvalue weighted by Gasteiger charge is -2.22. The summed E-state index contributed by atoms with van der Waals surface area (Å²) in [6.07, 6.45) is 2.15. The highest BCUT2D eigenvalue weighted by Gasteiger charge is 2.17. The van der Waals surface area contributed by atoms with Crippen molar-refractivity contribution in [2.75, 3.05) is 13.1 Å². The van der Waals surface area contributed by atoms with Crippen LogP contribution in [0.25, 0.3) is 0 Å². The van der Waals surface area contributed by atoms with Crippen LogP contribution in [0.15, 0.2) is 16.9 Å². The van der Waals surface area contributed by atoms with Gasteiger partial charge in [-0.15, -0.1) is 0 Å². The zero-order valence-corrected chi connectivity index (χ0v) is 12.5. The zero-order valence-electron chi connectivity index (χ0n) is 12.5. The molecule has 0 saturated carbocycles. The molecule has 1 aliphatic rings. The summed E-state index contributed by atoms with van der Waals surface area (Å²) < 4.78 is 0. The largest absolute Gasteiger partial charge is 0.326 e. The van der Waals surface area contributed by atoms with Crippen LogP contribution in [0.5, 0.6) is 0 Å². The first-order chi connectivity index (χ1) is 8.77. The highest BCUT2D eigenvalue weighted by molar-refractivity contribution is 5.18. The maximum atomic E-state index is 11.7. The Morgan fingerprint density at radius 1 is 1.06 bits per heavy atom. The quantitative estimate of drug-likeness (QED) is 0.806. The number of aromatic amines is 1. The van der Waals surface area contributed by atoms with Crippen molar-refractivity contribution in [3.05, 3.63) is 33.7 Å². The van der Waals surface area contributed by atoms with E-state index in [9.17, 15) is 4.79 Å². The predicted molar refractivity (Wildman–Crippen MR) is 79.3 cm³/mol. The van der Waals surface area contributed by atoms with Gasteiger partial charge in [0.15, 0.2) is 0 Å². The van der Waals surface area contributed by atoms with Crippen LogP contribution >= 0.6 is 0 Å². The molecular weight excluding hydrogens is 224 g/mol. The van der Waals surface area contributed by atoms with Crippen LogP contribution in [0, 0.1) is 6.92 Å². The second kappa shape index (κ2) is 9.89. The van der Waals surface area contributed by atoms with E-state index >= 15 is 0 Å². The summed E-state index contributed by atoms with van der Waals surface area (Å²) in [6, 6.07) is 3.96. The third-order valence-corrected chi connectivity index (χ3v) is 2.86. The standard InChI is InChI=1S/C11H16N2O.2C2H6/c1-8-2-3-10(11(14)13-8)9-4-6-12-7-5-9;2*1-2/h2-3,9,12H,4-7H2,1H3,(H,13,14);2*1-2H3. The van der Waals surface area contributed by atoms with Gasteiger partial charge >= 0.3 is 0 Å². The maximum absolute atomic E-state index is 11.7. The zero-order chi connectivity index (χ0) is 14.0. The molecule has 1 aromatic rings. The molecule has 2 heterocycles. The van der Waals surface area contributed by atoms with E-state index < -0.39 is 0 Å². The lowest BCUT2D eigenvalue weighted by molar-refractivity contribution is 0.457. The van der Waals surface area contributed by atoms with Crippen molar-refractivity contribution in [2.45, 2.75) is 53.4 Å². The van der Waals surface area contributed by atoms with Crippen LogP contribution in [0.2, 0.25) is 0 Å². The van der Waals surface area contributed by atoms with Gasteiger partial charge in [-0.1, -0.05) is 33.8 Å². The first-order valence-electron chi connectivity index (χ1n) is 7.18. The third kappa shape index (κ3) is 5.05. The topological polar surface area (TPSA) is 44.9 Å². The Labute approximate surface area is 111 Å². The van der Waals surface area contributed by atoms with Crippen molar-refractivity contribution < 1.29 is 0 Å². The van der Waals surface area contributed by atoms with Crippen LogP contribution in [-0.2, 0) is 0 Å². The number of aryl methyl sites for hydroxylation is 1. The van der Waals surface area contributed by atoms with Crippen LogP contribution < -0.4 is 10.9 Å². The van der Waals surface area contributed by atoms with Gasteiger partial charge in [0, 0.05) is 11.3 Å². The number of pyridine rings is 1. The van der Waals surface area contributed by atoms with Crippen molar-refractivity contribution in [1.29, 1.82) is 0 Å². The van der Waals surface area contributed by atoms with Crippen LogP contribution in [0.1, 0.15) is 57.7 Å². The highest BCUT2D eigenvalue weighted by atomic mass is 16.1. The molecule has 0 atom stereocenters. The highest BCUT2D eigenvalue weighted by Crippen LogP contribution is 2.21. The average molecular weight is 252 g/mol. The first kappa shape index (κ1) is 16.9. The molecule has 0 spiro atoms. The van der Waals surface area contributed by atoms with Crippen molar-refractivity contribution in [2.24, 2.45) is 0 Å². The van der Waals surface area contributed by atoms with E-state index in [4.69, 9.17) is 0 Å². The van der Waals surface area contributed by atoms with Gasteiger partial charge in [0.2, 0.25) is 0 Å². The molecule has 0 unspecified atom stereocenters. The monoisotopic (exact) mass is 252 g/mol. The van der Waals surface area contributed by atoms with E-state index in [0.29, 0.717) is 5.92 Å². The molecule has 2 rings (SSSR count). The minimum absolute atomic E-state index is 0.0944. The molecule has 0 aromatic carbocycles. The van der Waals surface area contributed by atoms with E-state index in [1.807, 2.05) is 46.8 Å². The molecule has 18 heavy (non-hydrogen) atoms. The predicted octanol–water partition coefficient (Wildman–Crippen LogP) is 3.20. The van der Waals surface area contributed by atoms with Crippen molar-refractivity contribution in [1.82, 2.24) is 10.3 Å². The summed E-state index contributed by atoms with van der Waals surface area (Å²) in [5.74, 6) is 0.445. The number of aromatic nitrogens is 1. The smallest absolute Gasteiger partial charge is 0.251 e. The molecule has 1 aliphatic heterocycles. The summed E-state index contributed by atoms with van der Waals surface area (Å²) in [5, 5.41) is 3.30. The Morgan fingerprint density at radius 3 is 2.11 bits per heavy atom. The lowest BCUT2D eigenvalue weighted by atomic mass is 9.91. The van der Waals surface area contributed by atoms with Crippen LogP contribution in [0.4, 0.5) is 0 Å². The molecule has 1 aromatic heterocycles. The minimum Gasteiger partial charge on any atom is -0.326 e. The Hall–Kier alpha value is -1.09. The van der Waals surface area contributed by atoms with E-state index in [1.165, 1.54) is 0 Å². The average Bonchev–Trinajstić information content (AvgIpc) is 2.44. The first-order valence-corrected chi connectivity index (χ1v) is 7.18. The summed E-state index contributed by atoms with van der Waals surface area (Å²) in [6.45, 7) is 12.0. The number of hydrogen-bond donors (Lipinski definition) is 2. The summed E-state index contributed by atoms with van der Waals surface area (Å²) in [7, 11) is 0. The van der Waals surface area contributed by atoms with Crippen molar-refractivity contribution in [3.63, 3.8) is 0 Å². The summed E-state index contributed by atoms with van der Waals surface area (Å²) in [5.41, 5.74) is 1.99. The number of piperidine rings is 1. The fourth-order valence-corrected chi connectivity index (χ4v) is 2.04. The van der Waals surface area contributed by atoms with Crippen LogP contribution in [0.3, 0.4) is 0 Å². The SMILES string of the molecule is CC.CC.Cc1ccc(C2CCNCC2)c(=O)[nH]1. The Morgan fingerprint density at radius 2 is 1.61 bits per heavy atom. The molecule has 3 nitrogen and oxygen atoms in total. The van der Waals surface area contributed by atoms with Gasteiger partial charge in [-0.05, 0) is 44.8 Å². The fourth-order valence-electron chi connectivity index (χ4n) is 2.04. The van der Waals surface area contributed by atoms with E-state index in [1.54, 1.807) is 0 Å². The van der Waals surface area contributed by atoms with Crippen molar-refractivity contribution in [3.8, 4) is 0 Å². The number of hydrogen-bond acceptors (Lipinski definition) is 2. The van der Waals surface area contributed by atoms with Gasteiger partial charge in [0.1, 0.15) is 0 Å². The minimum atomic E-state index is 0.0944. The Balaban J connectivity index is 0.000000659. The molecule has 0 amide bonds. The fraction of sp³-hybridized carbons (Fsp3) is 0.667. The molecule has 0 aliphatic carbocycles. The van der Waals surface area contributed by atoms with Crippen molar-refractivity contribution >= 4 is 0 Å².